The molecule has 0 saturated heterocycles. The third-order valence-corrected chi connectivity index (χ3v) is 14.2. The van der Waals surface area contributed by atoms with Crippen LogP contribution in [0.15, 0.2) is 279 Å². The minimum Gasteiger partial charge on any atom is -0.0622 e. The molecule has 326 valence electrons. The Hall–Kier alpha value is -9.10. The maximum atomic E-state index is 2.45. The summed E-state index contributed by atoms with van der Waals surface area (Å²) < 4.78 is 0. The van der Waals surface area contributed by atoms with Crippen molar-refractivity contribution >= 4 is 43.1 Å². The van der Waals surface area contributed by atoms with E-state index in [0.717, 1.165) is 0 Å². The first-order valence-electron chi connectivity index (χ1n) is 24.2. The molecule has 0 unspecified atom stereocenters. The molecule has 0 N–H and O–H groups in total. The molecule has 13 rings (SSSR count). The van der Waals surface area contributed by atoms with E-state index in [1.807, 2.05) is 0 Å². The second kappa shape index (κ2) is 17.5. The van der Waals surface area contributed by atoms with Gasteiger partial charge in [-0.3, -0.25) is 0 Å². The monoisotopic (exact) mass is 886 g/mol. The minimum atomic E-state index is 1.18. The Morgan fingerprint density at radius 3 is 0.886 bits per heavy atom. The Morgan fingerprint density at radius 2 is 0.443 bits per heavy atom. The lowest BCUT2D eigenvalue weighted by molar-refractivity contribution is 1.59. The van der Waals surface area contributed by atoms with Crippen LogP contribution in [-0.2, 0) is 0 Å². The largest absolute Gasteiger partial charge is 0.0622 e. The topological polar surface area (TPSA) is 0 Å². The molecular formula is C70H46. The Labute approximate surface area is 409 Å². The van der Waals surface area contributed by atoms with Crippen LogP contribution in [0.3, 0.4) is 0 Å². The van der Waals surface area contributed by atoms with Gasteiger partial charge in [-0.05, 0) is 169 Å². The molecule has 0 heteroatoms. The molecule has 0 atom stereocenters. The molecule has 0 radical (unpaired) electrons. The molecule has 0 bridgehead atoms. The normalized spacial score (nSPS) is 11.4. The second-order valence-electron chi connectivity index (χ2n) is 18.4. The summed E-state index contributed by atoms with van der Waals surface area (Å²) in [6, 6.07) is 103. The molecule has 0 aromatic heterocycles. The lowest BCUT2D eigenvalue weighted by atomic mass is 9.82. The maximum absolute atomic E-state index is 2.45. The zero-order valence-electron chi connectivity index (χ0n) is 38.6. The Bertz CT molecular complexity index is 3820. The Balaban J connectivity index is 1.10. The Morgan fingerprint density at radius 1 is 0.143 bits per heavy atom. The first kappa shape index (κ1) is 41.1. The van der Waals surface area contributed by atoms with Crippen LogP contribution in [0.5, 0.6) is 0 Å². The van der Waals surface area contributed by atoms with Gasteiger partial charge >= 0.3 is 0 Å². The van der Waals surface area contributed by atoms with Gasteiger partial charge in [0.2, 0.25) is 0 Å². The van der Waals surface area contributed by atoms with Crippen molar-refractivity contribution in [2.75, 3.05) is 0 Å². The van der Waals surface area contributed by atoms with Crippen LogP contribution in [0, 0.1) is 0 Å². The zero-order chi connectivity index (χ0) is 46.4. The lowest BCUT2D eigenvalue weighted by Gasteiger charge is -2.21. The minimum absolute atomic E-state index is 1.18. The molecule has 0 saturated carbocycles. The average molecular weight is 887 g/mol. The van der Waals surface area contributed by atoms with Crippen molar-refractivity contribution in [1.82, 2.24) is 0 Å². The molecule has 0 aliphatic carbocycles. The maximum Gasteiger partial charge on any atom is -0.00259 e. The van der Waals surface area contributed by atoms with Gasteiger partial charge in [0.15, 0.2) is 0 Å². The van der Waals surface area contributed by atoms with Crippen LogP contribution in [0.25, 0.3) is 132 Å². The van der Waals surface area contributed by atoms with E-state index in [4.69, 9.17) is 0 Å². The molecule has 0 aliphatic heterocycles. The molecule has 13 aromatic rings. The first-order chi connectivity index (χ1) is 34.7. The van der Waals surface area contributed by atoms with Gasteiger partial charge in [0.05, 0.1) is 0 Å². The van der Waals surface area contributed by atoms with E-state index in [9.17, 15) is 0 Å². The highest BCUT2D eigenvalue weighted by Gasteiger charge is 2.20. The third-order valence-electron chi connectivity index (χ3n) is 14.2. The van der Waals surface area contributed by atoms with E-state index >= 15 is 0 Å². The fourth-order valence-electron chi connectivity index (χ4n) is 10.9. The molecule has 0 amide bonds. The van der Waals surface area contributed by atoms with Gasteiger partial charge in [-0.15, -0.1) is 0 Å². The van der Waals surface area contributed by atoms with Gasteiger partial charge in [0.1, 0.15) is 0 Å². The number of benzene rings is 13. The summed E-state index contributed by atoms with van der Waals surface area (Å²) in [6.45, 7) is 0. The smallest absolute Gasteiger partial charge is 0.00259 e. The summed E-state index contributed by atoms with van der Waals surface area (Å²) in [7, 11) is 0. The first-order valence-corrected chi connectivity index (χ1v) is 24.2. The van der Waals surface area contributed by atoms with E-state index in [1.165, 1.54) is 132 Å². The van der Waals surface area contributed by atoms with E-state index in [-0.39, 0.29) is 0 Å². The molecule has 0 nitrogen and oxygen atoms in total. The lowest BCUT2D eigenvalue weighted by Crippen LogP contribution is -1.94. The highest BCUT2D eigenvalue weighted by molar-refractivity contribution is 6.23. The summed E-state index contributed by atoms with van der Waals surface area (Å²) in [5.41, 5.74) is 19.2. The standard InChI is InChI=1S/C70H46/c1-3-17-47(18-4-1)51-25-11-27-53(41-51)55-37-39-65-67(45-55)69(59-31-13-29-57(43-59)63-35-15-23-49-21-7-9-33-61(49)63)66-40-38-56(54-28-12-26-52(42-54)48-19-5-2-6-20-48)46-68(66)70(65)60-32-14-30-58(44-60)64-36-16-24-50-22-8-10-34-62(50)64/h1-46H. The van der Waals surface area contributed by atoms with E-state index in [2.05, 4.69) is 279 Å². The van der Waals surface area contributed by atoms with Crippen molar-refractivity contribution in [1.29, 1.82) is 0 Å². The summed E-state index contributed by atoms with van der Waals surface area (Å²) in [4.78, 5) is 0. The fraction of sp³-hybridized carbons (Fsp3) is 0. The van der Waals surface area contributed by atoms with Crippen LogP contribution < -0.4 is 0 Å². The van der Waals surface area contributed by atoms with Gasteiger partial charge < -0.3 is 0 Å². The Kier molecular flexibility index (Phi) is 10.3. The van der Waals surface area contributed by atoms with Crippen LogP contribution in [0.1, 0.15) is 0 Å². The number of fused-ring (bicyclic) bond motifs is 4. The molecular weight excluding hydrogens is 841 g/mol. The van der Waals surface area contributed by atoms with Crippen molar-refractivity contribution in [2.45, 2.75) is 0 Å². The predicted octanol–water partition coefficient (Wildman–Crippen LogP) is 19.6. The summed E-state index contributed by atoms with van der Waals surface area (Å²) in [5.74, 6) is 0. The number of hydrogen-bond acceptors (Lipinski definition) is 0. The van der Waals surface area contributed by atoms with Crippen LogP contribution in [-0.4, -0.2) is 0 Å². The zero-order valence-corrected chi connectivity index (χ0v) is 38.6. The quantitative estimate of drug-likeness (QED) is 0.133. The fourth-order valence-corrected chi connectivity index (χ4v) is 10.9. The molecule has 0 spiro atoms. The molecule has 0 heterocycles. The van der Waals surface area contributed by atoms with Gasteiger partial charge in [0, 0.05) is 0 Å². The highest BCUT2D eigenvalue weighted by atomic mass is 14.2. The van der Waals surface area contributed by atoms with E-state index in [1.54, 1.807) is 0 Å². The van der Waals surface area contributed by atoms with Gasteiger partial charge in [-0.2, -0.15) is 0 Å². The SMILES string of the molecule is c1ccc(-c2cccc(-c3ccc4c(-c5cccc(-c6cccc7ccccc67)c5)c5cc(-c6cccc(-c7ccccc7)c6)ccc5c(-c5cccc(-c6cccc7ccccc67)c5)c4c3)c2)cc1. The predicted molar refractivity (Wildman–Crippen MR) is 300 cm³/mol. The van der Waals surface area contributed by atoms with E-state index < -0.39 is 0 Å². The molecule has 0 fully saturated rings. The van der Waals surface area contributed by atoms with Crippen molar-refractivity contribution in [3.63, 3.8) is 0 Å². The number of rotatable bonds is 8. The summed E-state index contributed by atoms with van der Waals surface area (Å²) in [6.07, 6.45) is 0. The van der Waals surface area contributed by atoms with Crippen LogP contribution >= 0.6 is 0 Å². The summed E-state index contributed by atoms with van der Waals surface area (Å²) in [5, 5.41) is 9.84. The van der Waals surface area contributed by atoms with Crippen molar-refractivity contribution in [3.05, 3.63) is 279 Å². The van der Waals surface area contributed by atoms with Crippen LogP contribution in [0.2, 0.25) is 0 Å². The molecule has 0 aliphatic rings. The molecule has 13 aromatic carbocycles. The van der Waals surface area contributed by atoms with Crippen molar-refractivity contribution in [2.24, 2.45) is 0 Å². The molecule has 70 heavy (non-hydrogen) atoms. The second-order valence-corrected chi connectivity index (χ2v) is 18.4. The third kappa shape index (κ3) is 7.44. The van der Waals surface area contributed by atoms with Gasteiger partial charge in [0.25, 0.3) is 0 Å². The van der Waals surface area contributed by atoms with Gasteiger partial charge in [-0.25, -0.2) is 0 Å². The average Bonchev–Trinajstić information content (AvgIpc) is 3.44. The summed E-state index contributed by atoms with van der Waals surface area (Å²) >= 11 is 0. The van der Waals surface area contributed by atoms with Crippen molar-refractivity contribution in [3.8, 4) is 89.0 Å². The van der Waals surface area contributed by atoms with E-state index in [0.29, 0.717) is 0 Å². The van der Waals surface area contributed by atoms with Gasteiger partial charge in [-0.1, -0.05) is 243 Å². The van der Waals surface area contributed by atoms with Crippen molar-refractivity contribution < 1.29 is 0 Å². The van der Waals surface area contributed by atoms with Crippen LogP contribution in [0.4, 0.5) is 0 Å². The highest BCUT2D eigenvalue weighted by Crippen LogP contribution is 2.48. The number of hydrogen-bond donors (Lipinski definition) is 0.